The average molecular weight is 471 g/mol. The Kier molecular flexibility index (Phi) is 6.78. The average Bonchev–Trinajstić information content (AvgIpc) is 3.32. The van der Waals surface area contributed by atoms with Gasteiger partial charge in [-0.15, -0.1) is 0 Å². The van der Waals surface area contributed by atoms with Crippen molar-refractivity contribution in [1.82, 2.24) is 4.90 Å². The highest BCUT2D eigenvalue weighted by molar-refractivity contribution is 6.00. The molecular weight excluding hydrogens is 443 g/mol. The zero-order valence-electron chi connectivity index (χ0n) is 18.9. The third-order valence-corrected chi connectivity index (χ3v) is 6.57. The Bertz CT molecular complexity index is 1120. The van der Waals surface area contributed by atoms with Crippen LogP contribution in [0.2, 0.25) is 0 Å². The first-order valence-corrected chi connectivity index (χ1v) is 11.3. The largest absolute Gasteiger partial charge is 0.396 e. The Morgan fingerprint density at radius 3 is 2.35 bits per heavy atom. The number of hydrogen-bond acceptors (Lipinski definition) is 7. The van der Waals surface area contributed by atoms with Crippen LogP contribution in [0.1, 0.15) is 34.1 Å². The van der Waals surface area contributed by atoms with Crippen molar-refractivity contribution in [2.75, 3.05) is 55.7 Å². The van der Waals surface area contributed by atoms with E-state index >= 15 is 0 Å². The number of benzene rings is 2. The number of aliphatic hydroxyl groups excluding tert-OH is 1. The first kappa shape index (κ1) is 23.6. The predicted octanol–water partition coefficient (Wildman–Crippen LogP) is 2.72. The molecule has 0 saturated carbocycles. The molecule has 2 aromatic rings. The van der Waals surface area contributed by atoms with E-state index in [1.807, 2.05) is 9.80 Å². The van der Waals surface area contributed by atoms with Crippen molar-refractivity contribution in [3.8, 4) is 0 Å². The fourth-order valence-electron chi connectivity index (χ4n) is 4.59. The molecule has 1 unspecified atom stereocenters. The predicted molar refractivity (Wildman–Crippen MR) is 125 cm³/mol. The van der Waals surface area contributed by atoms with Crippen LogP contribution in [0, 0.1) is 21.8 Å². The van der Waals surface area contributed by atoms with E-state index in [4.69, 9.17) is 0 Å². The summed E-state index contributed by atoms with van der Waals surface area (Å²) in [5.74, 6) is -0.901. The minimum Gasteiger partial charge on any atom is -0.396 e. The maximum Gasteiger partial charge on any atom is 0.270 e. The summed E-state index contributed by atoms with van der Waals surface area (Å²) in [5, 5.41) is 20.8. The summed E-state index contributed by atoms with van der Waals surface area (Å²) < 4.78 is 14.6. The van der Waals surface area contributed by atoms with Gasteiger partial charge < -0.3 is 19.8 Å². The molecule has 0 aromatic heterocycles. The van der Waals surface area contributed by atoms with E-state index in [0.717, 1.165) is 6.42 Å². The van der Waals surface area contributed by atoms with E-state index in [1.54, 1.807) is 23.1 Å². The number of aliphatic hydroxyl groups is 1. The van der Waals surface area contributed by atoms with Gasteiger partial charge in [0.05, 0.1) is 21.9 Å². The highest BCUT2D eigenvalue weighted by Crippen LogP contribution is 2.31. The maximum atomic E-state index is 14.6. The number of nitrogens with zero attached hydrogens (tertiary/aromatic N) is 4. The van der Waals surface area contributed by atoms with Crippen LogP contribution >= 0.6 is 0 Å². The van der Waals surface area contributed by atoms with E-state index in [0.29, 0.717) is 56.2 Å². The third kappa shape index (κ3) is 4.72. The van der Waals surface area contributed by atoms with Crippen LogP contribution in [-0.4, -0.2) is 72.5 Å². The number of non-ortho nitro benzene ring substituents is 1. The molecule has 10 heteroatoms. The van der Waals surface area contributed by atoms with Crippen LogP contribution < -0.4 is 9.80 Å². The molecule has 2 saturated heterocycles. The normalized spacial score (nSPS) is 18.3. The van der Waals surface area contributed by atoms with Gasteiger partial charge in [0.1, 0.15) is 5.82 Å². The molecule has 2 aromatic carbocycles. The summed E-state index contributed by atoms with van der Waals surface area (Å²) in [4.78, 5) is 41.2. The Balaban J connectivity index is 1.52. The van der Waals surface area contributed by atoms with Crippen molar-refractivity contribution >= 4 is 28.8 Å². The molecular formula is C24H27FN4O5. The number of nitro benzene ring substituents is 1. The summed E-state index contributed by atoms with van der Waals surface area (Å²) in [6.45, 7) is 4.11. The van der Waals surface area contributed by atoms with Crippen molar-refractivity contribution in [3.63, 3.8) is 0 Å². The molecule has 1 N–H and O–H groups in total. The molecule has 4 rings (SSSR count). The van der Waals surface area contributed by atoms with Crippen molar-refractivity contribution in [2.24, 2.45) is 5.92 Å². The van der Waals surface area contributed by atoms with Crippen LogP contribution in [0.15, 0.2) is 36.4 Å². The number of carbonyl (C=O) groups is 2. The number of nitro groups is 1. The van der Waals surface area contributed by atoms with Crippen molar-refractivity contribution in [3.05, 3.63) is 63.5 Å². The monoisotopic (exact) mass is 470 g/mol. The molecule has 34 heavy (non-hydrogen) atoms. The molecule has 9 nitrogen and oxygen atoms in total. The topological polar surface area (TPSA) is 107 Å². The molecule has 2 heterocycles. The Hall–Kier alpha value is -3.53. The van der Waals surface area contributed by atoms with Gasteiger partial charge in [-0.05, 0) is 37.6 Å². The molecule has 0 spiro atoms. The van der Waals surface area contributed by atoms with Gasteiger partial charge in [-0.25, -0.2) is 4.39 Å². The Labute approximate surface area is 196 Å². The fourth-order valence-corrected chi connectivity index (χ4v) is 4.59. The van der Waals surface area contributed by atoms with E-state index in [2.05, 4.69) is 0 Å². The number of halogens is 1. The highest BCUT2D eigenvalue weighted by Gasteiger charge is 2.30. The van der Waals surface area contributed by atoms with E-state index in [9.17, 15) is 29.2 Å². The van der Waals surface area contributed by atoms with Gasteiger partial charge in [0, 0.05) is 69.5 Å². The lowest BCUT2D eigenvalue weighted by Gasteiger charge is -2.36. The minimum atomic E-state index is -0.521. The lowest BCUT2D eigenvalue weighted by atomic mass is 10.1. The zero-order chi connectivity index (χ0) is 24.4. The maximum absolute atomic E-state index is 14.6. The van der Waals surface area contributed by atoms with Crippen LogP contribution in [-0.2, 0) is 0 Å². The molecule has 0 aliphatic carbocycles. The third-order valence-electron chi connectivity index (χ3n) is 6.57. The molecule has 180 valence electrons. The molecule has 2 fully saturated rings. The molecule has 2 aliphatic rings. The first-order valence-electron chi connectivity index (χ1n) is 11.3. The number of hydrogen-bond donors (Lipinski definition) is 1. The summed E-state index contributed by atoms with van der Waals surface area (Å²) in [6.07, 6.45) is 0.785. The van der Waals surface area contributed by atoms with E-state index in [-0.39, 0.29) is 35.5 Å². The minimum absolute atomic E-state index is 0.0542. The summed E-state index contributed by atoms with van der Waals surface area (Å²) >= 11 is 0. The van der Waals surface area contributed by atoms with Gasteiger partial charge >= 0.3 is 0 Å². The van der Waals surface area contributed by atoms with Crippen LogP contribution in [0.25, 0.3) is 0 Å². The number of ketones is 1. The number of piperazine rings is 1. The Morgan fingerprint density at radius 2 is 1.76 bits per heavy atom. The summed E-state index contributed by atoms with van der Waals surface area (Å²) in [6, 6.07) is 8.70. The SMILES string of the molecule is CC(=O)c1ccc(N2CCN(C(=O)c3cc([N+](=O)[O-])ccc3N3CCC(CO)C3)CC2)c(F)c1. The number of anilines is 2. The molecule has 2 aliphatic heterocycles. The molecule has 0 bridgehead atoms. The highest BCUT2D eigenvalue weighted by atomic mass is 19.1. The van der Waals surface area contributed by atoms with Gasteiger partial charge in [0.25, 0.3) is 11.6 Å². The summed E-state index contributed by atoms with van der Waals surface area (Å²) in [5.41, 5.74) is 1.41. The van der Waals surface area contributed by atoms with Gasteiger partial charge in [0.2, 0.25) is 0 Å². The van der Waals surface area contributed by atoms with Crippen LogP contribution in [0.3, 0.4) is 0 Å². The molecule has 1 atom stereocenters. The van der Waals surface area contributed by atoms with Gasteiger partial charge in [-0.2, -0.15) is 0 Å². The number of Topliss-reactive ketones (excluding diaryl/α,β-unsaturated/α-hetero) is 1. The fraction of sp³-hybridized carbons (Fsp3) is 0.417. The second-order valence-electron chi connectivity index (χ2n) is 8.74. The van der Waals surface area contributed by atoms with Crippen LogP contribution in [0.4, 0.5) is 21.5 Å². The Morgan fingerprint density at radius 1 is 1.06 bits per heavy atom. The van der Waals surface area contributed by atoms with Gasteiger partial charge in [-0.1, -0.05) is 0 Å². The van der Waals surface area contributed by atoms with Gasteiger partial charge in [0.15, 0.2) is 5.78 Å². The molecule has 0 radical (unpaired) electrons. The second-order valence-corrected chi connectivity index (χ2v) is 8.74. The van der Waals surface area contributed by atoms with Crippen molar-refractivity contribution in [1.29, 1.82) is 0 Å². The zero-order valence-corrected chi connectivity index (χ0v) is 18.9. The molecule has 1 amide bonds. The summed E-state index contributed by atoms with van der Waals surface area (Å²) in [7, 11) is 0. The lowest BCUT2D eigenvalue weighted by Crippen LogP contribution is -2.49. The number of amides is 1. The quantitative estimate of drug-likeness (QED) is 0.393. The van der Waals surface area contributed by atoms with E-state index in [1.165, 1.54) is 25.1 Å². The first-order chi connectivity index (χ1) is 16.3. The van der Waals surface area contributed by atoms with Crippen molar-refractivity contribution < 1.29 is 24.0 Å². The van der Waals surface area contributed by atoms with Crippen LogP contribution in [0.5, 0.6) is 0 Å². The second kappa shape index (κ2) is 9.76. The van der Waals surface area contributed by atoms with Gasteiger partial charge in [-0.3, -0.25) is 19.7 Å². The number of carbonyl (C=O) groups excluding carboxylic acids is 2. The number of rotatable bonds is 6. The van der Waals surface area contributed by atoms with E-state index < -0.39 is 10.7 Å². The standard InChI is InChI=1S/C24H27FN4O5/c1-16(31)18-2-4-23(21(25)12-18)26-8-10-27(11-9-26)24(32)20-13-19(29(33)34)3-5-22(20)28-7-6-17(14-28)15-30/h2-5,12-13,17,30H,6-11,14-15H2,1H3. The van der Waals surface area contributed by atoms with Crippen molar-refractivity contribution in [2.45, 2.75) is 13.3 Å². The smallest absolute Gasteiger partial charge is 0.270 e. The lowest BCUT2D eigenvalue weighted by molar-refractivity contribution is -0.384.